The number of hydrogen-bond acceptors (Lipinski definition) is 2. The number of methoxy groups -OCH3 is 1. The molecule has 0 aromatic carbocycles. The van der Waals surface area contributed by atoms with Gasteiger partial charge in [-0.05, 0) is 50.6 Å². The van der Waals surface area contributed by atoms with E-state index in [1.54, 1.807) is 7.11 Å². The summed E-state index contributed by atoms with van der Waals surface area (Å²) < 4.78 is 5.06. The second-order valence-electron chi connectivity index (χ2n) is 4.04. The average molecular weight is 185 g/mol. The van der Waals surface area contributed by atoms with Gasteiger partial charge in [0, 0.05) is 13.7 Å². The molecule has 2 nitrogen and oxygen atoms in total. The van der Waals surface area contributed by atoms with Crippen LogP contribution in [0.2, 0.25) is 0 Å². The summed E-state index contributed by atoms with van der Waals surface area (Å²) in [4.78, 5) is 0. The third-order valence-electron chi connectivity index (χ3n) is 3.15. The first-order chi connectivity index (χ1) is 6.38. The Morgan fingerprint density at radius 3 is 2.62 bits per heavy atom. The van der Waals surface area contributed by atoms with Crippen molar-refractivity contribution in [1.29, 1.82) is 0 Å². The van der Waals surface area contributed by atoms with E-state index in [4.69, 9.17) is 4.74 Å². The predicted molar refractivity (Wildman–Crippen MR) is 55.9 cm³/mol. The van der Waals surface area contributed by atoms with Gasteiger partial charge in [-0.3, -0.25) is 0 Å². The van der Waals surface area contributed by atoms with Gasteiger partial charge >= 0.3 is 0 Å². The maximum absolute atomic E-state index is 5.06. The summed E-state index contributed by atoms with van der Waals surface area (Å²) in [6, 6.07) is 0. The molecule has 1 fully saturated rings. The van der Waals surface area contributed by atoms with Crippen molar-refractivity contribution in [2.24, 2.45) is 11.8 Å². The molecule has 2 heteroatoms. The lowest BCUT2D eigenvalue weighted by Crippen LogP contribution is -2.35. The molecule has 0 bridgehead atoms. The Morgan fingerprint density at radius 2 is 2.08 bits per heavy atom. The normalized spacial score (nSPS) is 27.2. The Balaban J connectivity index is 1.99. The molecule has 1 saturated carbocycles. The molecule has 13 heavy (non-hydrogen) atoms. The van der Waals surface area contributed by atoms with Gasteiger partial charge in [-0.2, -0.15) is 0 Å². The van der Waals surface area contributed by atoms with E-state index in [9.17, 15) is 0 Å². The highest BCUT2D eigenvalue weighted by Crippen LogP contribution is 2.36. The lowest BCUT2D eigenvalue weighted by atomic mass is 9.71. The minimum atomic E-state index is 0.935. The van der Waals surface area contributed by atoms with Gasteiger partial charge in [0.05, 0.1) is 0 Å². The zero-order chi connectivity index (χ0) is 9.52. The van der Waals surface area contributed by atoms with Gasteiger partial charge in [0.2, 0.25) is 0 Å². The molecule has 0 aromatic heterocycles. The van der Waals surface area contributed by atoms with Gasteiger partial charge < -0.3 is 10.1 Å². The van der Waals surface area contributed by atoms with Crippen LogP contribution in [-0.2, 0) is 4.74 Å². The first-order valence-electron chi connectivity index (χ1n) is 5.58. The predicted octanol–water partition coefficient (Wildman–Crippen LogP) is 2.05. The summed E-state index contributed by atoms with van der Waals surface area (Å²) in [5, 5.41) is 3.44. The van der Waals surface area contributed by atoms with Crippen molar-refractivity contribution in [3.8, 4) is 0 Å². The van der Waals surface area contributed by atoms with Crippen LogP contribution in [0.4, 0.5) is 0 Å². The number of hydrogen-bond donors (Lipinski definition) is 1. The minimum absolute atomic E-state index is 0.935. The average Bonchev–Trinajstić information content (AvgIpc) is 2.11. The highest BCUT2D eigenvalue weighted by Gasteiger charge is 2.29. The first kappa shape index (κ1) is 11.0. The molecule has 2 unspecified atom stereocenters. The van der Waals surface area contributed by atoms with Crippen LogP contribution in [0.15, 0.2) is 0 Å². The van der Waals surface area contributed by atoms with Gasteiger partial charge in [0.15, 0.2) is 0 Å². The third kappa shape index (κ3) is 3.65. The molecule has 0 aliphatic heterocycles. The highest BCUT2D eigenvalue weighted by atomic mass is 16.5. The summed E-state index contributed by atoms with van der Waals surface area (Å²) in [5.74, 6) is 1.94. The summed E-state index contributed by atoms with van der Waals surface area (Å²) in [7, 11) is 1.79. The summed E-state index contributed by atoms with van der Waals surface area (Å²) in [5.41, 5.74) is 0. The summed E-state index contributed by atoms with van der Waals surface area (Å²) in [6.45, 7) is 5.46. The Hall–Kier alpha value is -0.0800. The molecule has 0 radical (unpaired) electrons. The summed E-state index contributed by atoms with van der Waals surface area (Å²) in [6.07, 6.45) is 5.48. The lowest BCUT2D eigenvalue weighted by molar-refractivity contribution is 0.132. The number of ether oxygens (including phenoxy) is 1. The van der Waals surface area contributed by atoms with Crippen molar-refractivity contribution in [2.75, 3.05) is 26.8 Å². The molecule has 2 atom stereocenters. The van der Waals surface area contributed by atoms with E-state index in [0.717, 1.165) is 25.0 Å². The zero-order valence-electron chi connectivity index (χ0n) is 9.01. The van der Waals surface area contributed by atoms with Crippen molar-refractivity contribution in [3.05, 3.63) is 0 Å². The third-order valence-corrected chi connectivity index (χ3v) is 3.15. The molecular formula is C11H23NO. The molecule has 0 saturated heterocycles. The zero-order valence-corrected chi connectivity index (χ0v) is 9.01. The van der Waals surface area contributed by atoms with Gasteiger partial charge in [-0.25, -0.2) is 0 Å². The van der Waals surface area contributed by atoms with Crippen LogP contribution in [0, 0.1) is 11.8 Å². The first-order valence-corrected chi connectivity index (χ1v) is 5.58. The van der Waals surface area contributed by atoms with E-state index in [2.05, 4.69) is 12.2 Å². The van der Waals surface area contributed by atoms with Crippen LogP contribution in [0.25, 0.3) is 0 Å². The van der Waals surface area contributed by atoms with Crippen molar-refractivity contribution in [2.45, 2.75) is 32.6 Å². The number of rotatable bonds is 7. The molecule has 0 heterocycles. The standard InChI is InChI=1S/C11H23NO/c1-3-12-9-11-7-6-10(11)5-4-8-13-2/h10-12H,3-9H2,1-2H3. The molecule has 1 aliphatic carbocycles. The fourth-order valence-electron chi connectivity index (χ4n) is 2.11. The van der Waals surface area contributed by atoms with Crippen molar-refractivity contribution >= 4 is 0 Å². The van der Waals surface area contributed by atoms with Crippen LogP contribution in [0.3, 0.4) is 0 Å². The van der Waals surface area contributed by atoms with Crippen molar-refractivity contribution in [1.82, 2.24) is 5.32 Å². The van der Waals surface area contributed by atoms with E-state index < -0.39 is 0 Å². The van der Waals surface area contributed by atoms with Gasteiger partial charge in [-0.1, -0.05) is 6.92 Å². The Bertz CT molecular complexity index is 127. The largest absolute Gasteiger partial charge is 0.385 e. The minimum Gasteiger partial charge on any atom is -0.385 e. The molecule has 0 amide bonds. The van der Waals surface area contributed by atoms with Gasteiger partial charge in [-0.15, -0.1) is 0 Å². The van der Waals surface area contributed by atoms with E-state index in [1.165, 1.54) is 32.2 Å². The fraction of sp³-hybridized carbons (Fsp3) is 1.00. The lowest BCUT2D eigenvalue weighted by Gasteiger charge is -2.37. The van der Waals surface area contributed by atoms with Crippen LogP contribution in [-0.4, -0.2) is 26.8 Å². The Kier molecular flexibility index (Phi) is 5.40. The Morgan fingerprint density at radius 1 is 1.31 bits per heavy atom. The SMILES string of the molecule is CCNCC1CCC1CCCOC. The second-order valence-corrected chi connectivity index (χ2v) is 4.04. The molecule has 1 N–H and O–H groups in total. The Labute approximate surface area is 82.0 Å². The second kappa shape index (κ2) is 6.39. The fourth-order valence-corrected chi connectivity index (χ4v) is 2.11. The maximum atomic E-state index is 5.06. The van der Waals surface area contributed by atoms with E-state index in [0.29, 0.717) is 0 Å². The van der Waals surface area contributed by atoms with E-state index in [-0.39, 0.29) is 0 Å². The summed E-state index contributed by atoms with van der Waals surface area (Å²) >= 11 is 0. The maximum Gasteiger partial charge on any atom is 0.0462 e. The highest BCUT2D eigenvalue weighted by molar-refractivity contribution is 4.81. The molecule has 78 valence electrons. The molecular weight excluding hydrogens is 162 g/mol. The van der Waals surface area contributed by atoms with Crippen LogP contribution >= 0.6 is 0 Å². The molecule has 0 spiro atoms. The smallest absolute Gasteiger partial charge is 0.0462 e. The van der Waals surface area contributed by atoms with Crippen molar-refractivity contribution in [3.63, 3.8) is 0 Å². The monoisotopic (exact) mass is 185 g/mol. The molecule has 0 aromatic rings. The van der Waals surface area contributed by atoms with Gasteiger partial charge in [0.1, 0.15) is 0 Å². The van der Waals surface area contributed by atoms with Crippen molar-refractivity contribution < 1.29 is 4.74 Å². The molecule has 1 aliphatic rings. The van der Waals surface area contributed by atoms with Crippen LogP contribution < -0.4 is 5.32 Å². The quantitative estimate of drug-likeness (QED) is 0.613. The van der Waals surface area contributed by atoms with Crippen LogP contribution in [0.1, 0.15) is 32.6 Å². The van der Waals surface area contributed by atoms with E-state index >= 15 is 0 Å². The molecule has 1 rings (SSSR count). The number of nitrogens with one attached hydrogen (secondary N) is 1. The van der Waals surface area contributed by atoms with Crippen LogP contribution in [0.5, 0.6) is 0 Å². The van der Waals surface area contributed by atoms with Gasteiger partial charge in [0.25, 0.3) is 0 Å². The van der Waals surface area contributed by atoms with E-state index in [1.807, 2.05) is 0 Å². The topological polar surface area (TPSA) is 21.3 Å².